The highest BCUT2D eigenvalue weighted by Gasteiger charge is 2.09. The van der Waals surface area contributed by atoms with Crippen molar-refractivity contribution in [2.24, 2.45) is 0 Å². The largest absolute Gasteiger partial charge is 0.478 e. The Bertz CT molecular complexity index is 385. The number of unbranched alkanes of at least 4 members (excludes halogenated alkanes) is 3. The summed E-state index contributed by atoms with van der Waals surface area (Å²) < 4.78 is 5.02. The fourth-order valence-electron chi connectivity index (χ4n) is 1.92. The van der Waals surface area contributed by atoms with Gasteiger partial charge in [-0.15, -0.1) is 0 Å². The lowest BCUT2D eigenvalue weighted by molar-refractivity contribution is -0.139. The maximum Gasteiger partial charge on any atom is 0.333 e. The minimum absolute atomic E-state index is 0.00897. The highest BCUT2D eigenvalue weighted by atomic mass is 16.5. The summed E-state index contributed by atoms with van der Waals surface area (Å²) >= 11 is 0. The van der Waals surface area contributed by atoms with Crippen molar-refractivity contribution in [3.05, 3.63) is 23.8 Å². The molecule has 0 aromatic rings. The summed E-state index contributed by atoms with van der Waals surface area (Å²) in [5.74, 6) is -1.39. The van der Waals surface area contributed by atoms with Crippen LogP contribution in [0.5, 0.6) is 0 Å². The van der Waals surface area contributed by atoms with Crippen LogP contribution in [-0.4, -0.2) is 35.4 Å². The molecule has 0 aromatic carbocycles. The van der Waals surface area contributed by atoms with Crippen LogP contribution in [0.15, 0.2) is 23.8 Å². The lowest BCUT2D eigenvalue weighted by Gasteiger charge is -2.06. The van der Waals surface area contributed by atoms with Crippen molar-refractivity contribution < 1.29 is 24.5 Å². The van der Waals surface area contributed by atoms with Crippen LogP contribution in [-0.2, 0) is 14.3 Å². The predicted molar refractivity (Wildman–Crippen MR) is 85.5 cm³/mol. The number of hydrogen-bond acceptors (Lipinski definition) is 4. The molecule has 0 atom stereocenters. The van der Waals surface area contributed by atoms with Gasteiger partial charge in [-0.2, -0.15) is 0 Å². The Morgan fingerprint density at radius 1 is 1.14 bits per heavy atom. The molecule has 5 heteroatoms. The van der Waals surface area contributed by atoms with Gasteiger partial charge in [0.15, 0.2) is 0 Å². The van der Waals surface area contributed by atoms with Crippen molar-refractivity contribution in [1.29, 1.82) is 0 Å². The highest BCUT2D eigenvalue weighted by molar-refractivity contribution is 5.87. The van der Waals surface area contributed by atoms with Crippen molar-refractivity contribution in [3.63, 3.8) is 0 Å². The molecule has 0 spiro atoms. The van der Waals surface area contributed by atoms with Crippen molar-refractivity contribution >= 4 is 11.9 Å². The van der Waals surface area contributed by atoms with Gasteiger partial charge in [0.1, 0.15) is 0 Å². The first-order chi connectivity index (χ1) is 10.5. The summed E-state index contributed by atoms with van der Waals surface area (Å²) in [7, 11) is 0. The van der Waals surface area contributed by atoms with Gasteiger partial charge >= 0.3 is 11.9 Å². The van der Waals surface area contributed by atoms with Crippen LogP contribution in [0.25, 0.3) is 0 Å². The number of ether oxygens (including phenoxy) is 1. The molecule has 0 aliphatic carbocycles. The molecule has 0 heterocycles. The van der Waals surface area contributed by atoms with E-state index in [1.165, 1.54) is 0 Å². The molecule has 0 rings (SSSR count). The number of carbonyl (C=O) groups is 2. The number of hydrogen-bond donors (Lipinski definition) is 2. The molecule has 5 nitrogen and oxygen atoms in total. The first-order valence-electron chi connectivity index (χ1n) is 7.91. The molecule has 126 valence electrons. The summed E-state index contributed by atoms with van der Waals surface area (Å²) in [6, 6.07) is 0. The average Bonchev–Trinajstić information content (AvgIpc) is 2.50. The van der Waals surface area contributed by atoms with Crippen LogP contribution in [0.3, 0.4) is 0 Å². The van der Waals surface area contributed by atoms with Crippen LogP contribution in [0.4, 0.5) is 0 Å². The molecule has 0 aliphatic heterocycles. The van der Waals surface area contributed by atoms with E-state index in [1.807, 2.05) is 0 Å². The number of carbonyl (C=O) groups excluding carboxylic acids is 1. The first kappa shape index (κ1) is 20.4. The van der Waals surface area contributed by atoms with Crippen molar-refractivity contribution in [2.75, 3.05) is 13.2 Å². The zero-order valence-corrected chi connectivity index (χ0v) is 13.5. The molecule has 0 fully saturated rings. The van der Waals surface area contributed by atoms with E-state index in [0.29, 0.717) is 36.8 Å². The molecule has 0 aliphatic rings. The monoisotopic (exact) mass is 312 g/mol. The minimum atomic E-state index is -0.907. The Hall–Kier alpha value is -1.62. The molecule has 0 bridgehead atoms. The van der Waals surface area contributed by atoms with Gasteiger partial charge < -0.3 is 14.9 Å². The lowest BCUT2D eigenvalue weighted by Crippen LogP contribution is -2.09. The van der Waals surface area contributed by atoms with Crippen LogP contribution < -0.4 is 0 Å². The number of carboxylic acids is 1. The number of aliphatic hydroxyl groups is 1. The average molecular weight is 312 g/mol. The fourth-order valence-corrected chi connectivity index (χ4v) is 1.92. The number of esters is 1. The summed E-state index contributed by atoms with van der Waals surface area (Å²) in [5.41, 5.74) is 0.710. The molecule has 0 saturated heterocycles. The molecular formula is C17H28O5. The van der Waals surface area contributed by atoms with Crippen molar-refractivity contribution in [2.45, 2.75) is 58.3 Å². The summed E-state index contributed by atoms with van der Waals surface area (Å²) in [6.45, 7) is 5.86. The zero-order chi connectivity index (χ0) is 16.8. The third-order valence-electron chi connectivity index (χ3n) is 3.24. The summed E-state index contributed by atoms with van der Waals surface area (Å²) in [6.07, 6.45) is 7.56. The number of rotatable bonds is 13. The summed E-state index contributed by atoms with van der Waals surface area (Å²) in [5, 5.41) is 17.8. The maximum absolute atomic E-state index is 11.5. The normalized spacial score (nSPS) is 11.3. The van der Waals surface area contributed by atoms with Gasteiger partial charge in [0.05, 0.1) is 6.61 Å². The van der Waals surface area contributed by atoms with Gasteiger partial charge in [-0.1, -0.05) is 38.8 Å². The van der Waals surface area contributed by atoms with E-state index in [1.54, 1.807) is 6.08 Å². The Morgan fingerprint density at radius 3 is 2.45 bits per heavy atom. The van der Waals surface area contributed by atoms with Crippen LogP contribution in [0, 0.1) is 0 Å². The van der Waals surface area contributed by atoms with Crippen LogP contribution in [0.2, 0.25) is 0 Å². The van der Waals surface area contributed by atoms with E-state index >= 15 is 0 Å². The molecule has 0 saturated carbocycles. The Kier molecular flexibility index (Phi) is 12.1. The molecule has 22 heavy (non-hydrogen) atoms. The second-order valence-corrected chi connectivity index (χ2v) is 5.20. The van der Waals surface area contributed by atoms with E-state index < -0.39 is 11.9 Å². The maximum atomic E-state index is 11.5. The third-order valence-corrected chi connectivity index (χ3v) is 3.24. The third kappa shape index (κ3) is 10.2. The van der Waals surface area contributed by atoms with Gasteiger partial charge in [-0.25, -0.2) is 9.59 Å². The standard InChI is InChI=1S/C17H28O5/c1-3-4-5-6-10-15(16(19)20)11-8-13-22-17(21)14(2)9-7-12-18/h11,18H,2-10,12-13H2,1H3,(H,19,20). The van der Waals surface area contributed by atoms with Gasteiger partial charge in [0, 0.05) is 24.2 Å². The van der Waals surface area contributed by atoms with E-state index in [4.69, 9.17) is 14.9 Å². The van der Waals surface area contributed by atoms with E-state index in [2.05, 4.69) is 13.5 Å². The molecule has 0 radical (unpaired) electrons. The highest BCUT2D eigenvalue weighted by Crippen LogP contribution is 2.12. The first-order valence-corrected chi connectivity index (χ1v) is 7.91. The number of carboxylic acid groups (broad SMARTS) is 1. The van der Waals surface area contributed by atoms with Gasteiger partial charge in [-0.05, 0) is 25.7 Å². The topological polar surface area (TPSA) is 83.8 Å². The molecule has 2 N–H and O–H groups in total. The second-order valence-electron chi connectivity index (χ2n) is 5.20. The fraction of sp³-hybridized carbons (Fsp3) is 0.647. The van der Waals surface area contributed by atoms with Gasteiger partial charge in [0.25, 0.3) is 0 Å². The van der Waals surface area contributed by atoms with Crippen LogP contribution in [0.1, 0.15) is 58.3 Å². The van der Waals surface area contributed by atoms with E-state index in [-0.39, 0.29) is 13.2 Å². The lowest BCUT2D eigenvalue weighted by atomic mass is 10.1. The quantitative estimate of drug-likeness (QED) is 0.310. The van der Waals surface area contributed by atoms with Crippen LogP contribution >= 0.6 is 0 Å². The second kappa shape index (κ2) is 13.1. The molecule has 0 unspecified atom stereocenters. The Morgan fingerprint density at radius 2 is 1.86 bits per heavy atom. The minimum Gasteiger partial charge on any atom is -0.478 e. The summed E-state index contributed by atoms with van der Waals surface area (Å²) in [4.78, 5) is 22.6. The predicted octanol–water partition coefficient (Wildman–Crippen LogP) is 3.23. The Labute approximate surface area is 132 Å². The zero-order valence-electron chi connectivity index (χ0n) is 13.5. The van der Waals surface area contributed by atoms with E-state index in [0.717, 1.165) is 25.7 Å². The molecule has 0 aromatic heterocycles. The molecular weight excluding hydrogens is 284 g/mol. The Balaban J connectivity index is 4.06. The number of aliphatic hydroxyl groups excluding tert-OH is 1. The van der Waals surface area contributed by atoms with Crippen molar-refractivity contribution in [1.82, 2.24) is 0 Å². The van der Waals surface area contributed by atoms with E-state index in [9.17, 15) is 9.59 Å². The molecule has 0 amide bonds. The van der Waals surface area contributed by atoms with Gasteiger partial charge in [-0.3, -0.25) is 0 Å². The SMILES string of the molecule is C=C(CCCO)C(=O)OCCC=C(CCCCCC)C(=O)O. The smallest absolute Gasteiger partial charge is 0.333 e. The van der Waals surface area contributed by atoms with Crippen molar-refractivity contribution in [3.8, 4) is 0 Å². The number of aliphatic carboxylic acids is 1. The van der Waals surface area contributed by atoms with Gasteiger partial charge in [0.2, 0.25) is 0 Å².